The van der Waals surface area contributed by atoms with Crippen LogP contribution in [0.3, 0.4) is 0 Å². The first-order valence-electron chi connectivity index (χ1n) is 8.35. The molecule has 1 aromatic heterocycles. The smallest absolute Gasteiger partial charge is 0.352 e. The summed E-state index contributed by atoms with van der Waals surface area (Å²) in [5, 5.41) is 12.7. The number of hydrogen-bond donors (Lipinski definition) is 4. The topological polar surface area (TPSA) is 139 Å². The minimum atomic E-state index is -4.58. The Bertz CT molecular complexity index is 982. The van der Waals surface area contributed by atoms with E-state index < -0.39 is 27.9 Å². The average molecular weight is 432 g/mol. The Morgan fingerprint density at radius 3 is 2.55 bits per heavy atom. The van der Waals surface area contributed by atoms with Gasteiger partial charge in [-0.3, -0.25) is 0 Å². The third-order valence-electron chi connectivity index (χ3n) is 3.65. The number of rotatable bonds is 7. The van der Waals surface area contributed by atoms with E-state index in [2.05, 4.69) is 25.9 Å². The molecule has 0 spiro atoms. The van der Waals surface area contributed by atoms with Crippen molar-refractivity contribution < 1.29 is 26.4 Å². The van der Waals surface area contributed by atoms with Crippen LogP contribution >= 0.6 is 0 Å². The van der Waals surface area contributed by atoms with E-state index >= 15 is 0 Å². The van der Waals surface area contributed by atoms with Crippen LogP contribution in [0.15, 0.2) is 35.4 Å². The van der Waals surface area contributed by atoms with Gasteiger partial charge in [0.25, 0.3) is 0 Å². The van der Waals surface area contributed by atoms with Crippen LogP contribution < -0.4 is 21.1 Å². The number of halogens is 3. The lowest BCUT2D eigenvalue weighted by Crippen LogP contribution is -2.33. The number of benzene rings is 1. The van der Waals surface area contributed by atoms with Crippen molar-refractivity contribution in [2.45, 2.75) is 24.4 Å². The van der Waals surface area contributed by atoms with Crippen molar-refractivity contribution in [2.24, 2.45) is 5.14 Å². The molecule has 0 aliphatic carbocycles. The molecule has 2 amide bonds. The molecule has 2 aromatic rings. The van der Waals surface area contributed by atoms with Crippen molar-refractivity contribution in [3.63, 3.8) is 0 Å². The van der Waals surface area contributed by atoms with Gasteiger partial charge in [0.1, 0.15) is 5.69 Å². The molecular formula is C16H19F3N6O3S. The Kier molecular flexibility index (Phi) is 6.97. The fraction of sp³-hybridized carbons (Fsp3) is 0.312. The number of hydrogen-bond acceptors (Lipinski definition) is 6. The molecule has 13 heteroatoms. The van der Waals surface area contributed by atoms with Crippen LogP contribution in [0.2, 0.25) is 0 Å². The predicted octanol–water partition coefficient (Wildman–Crippen LogP) is 1.94. The van der Waals surface area contributed by atoms with Gasteiger partial charge in [-0.25, -0.2) is 28.3 Å². The normalized spacial score (nSPS) is 11.8. The Hall–Kier alpha value is -2.93. The van der Waals surface area contributed by atoms with Gasteiger partial charge in [-0.05, 0) is 30.2 Å². The summed E-state index contributed by atoms with van der Waals surface area (Å²) in [4.78, 5) is 18.8. The first-order chi connectivity index (χ1) is 13.5. The van der Waals surface area contributed by atoms with E-state index in [0.29, 0.717) is 12.0 Å². The summed E-state index contributed by atoms with van der Waals surface area (Å²) >= 11 is 0. The first kappa shape index (κ1) is 22.4. The maximum Gasteiger partial charge on any atom is 0.433 e. The van der Waals surface area contributed by atoms with Crippen LogP contribution in [0.25, 0.3) is 0 Å². The molecule has 0 bridgehead atoms. The summed E-state index contributed by atoms with van der Waals surface area (Å²) in [6.07, 6.45) is -3.16. The van der Waals surface area contributed by atoms with E-state index in [1.54, 1.807) is 13.0 Å². The number of amides is 2. The number of nitrogens with one attached hydrogen (secondary N) is 3. The highest BCUT2D eigenvalue weighted by molar-refractivity contribution is 7.89. The summed E-state index contributed by atoms with van der Waals surface area (Å²) in [7, 11) is -3.95. The molecule has 0 fully saturated rings. The molecule has 0 aliphatic rings. The van der Waals surface area contributed by atoms with Crippen LogP contribution in [-0.2, 0) is 22.6 Å². The molecule has 158 valence electrons. The second-order valence-electron chi connectivity index (χ2n) is 5.79. The number of primary sulfonamides is 1. The summed E-state index contributed by atoms with van der Waals surface area (Å²) < 4.78 is 61.1. The molecule has 0 aliphatic heterocycles. The molecule has 9 nitrogen and oxygen atoms in total. The molecule has 2 rings (SSSR count). The third-order valence-corrected chi connectivity index (χ3v) is 4.65. The largest absolute Gasteiger partial charge is 0.433 e. The van der Waals surface area contributed by atoms with Crippen molar-refractivity contribution in [3.05, 3.63) is 41.7 Å². The summed E-state index contributed by atoms with van der Waals surface area (Å²) in [6, 6.07) is 4.43. The number of urea groups is 1. The molecule has 0 atom stereocenters. The van der Waals surface area contributed by atoms with E-state index in [1.807, 2.05) is 0 Å². The number of aromatic nitrogens is 2. The number of carbonyl (C=O) groups excluding carboxylic acids is 1. The van der Waals surface area contributed by atoms with Crippen molar-refractivity contribution >= 4 is 27.7 Å². The maximum atomic E-state index is 12.6. The Labute approximate surface area is 165 Å². The number of carbonyl (C=O) groups is 1. The van der Waals surface area contributed by atoms with Crippen LogP contribution in [0, 0.1) is 0 Å². The molecule has 1 heterocycles. The van der Waals surface area contributed by atoms with E-state index in [-0.39, 0.29) is 29.6 Å². The van der Waals surface area contributed by atoms with Gasteiger partial charge in [0.15, 0.2) is 0 Å². The number of anilines is 2. The number of sulfonamides is 1. The lowest BCUT2D eigenvalue weighted by atomic mass is 10.1. The molecule has 0 unspecified atom stereocenters. The Morgan fingerprint density at radius 2 is 1.93 bits per heavy atom. The quantitative estimate of drug-likeness (QED) is 0.493. The van der Waals surface area contributed by atoms with Gasteiger partial charge in [0, 0.05) is 25.0 Å². The van der Waals surface area contributed by atoms with Gasteiger partial charge >= 0.3 is 12.2 Å². The second-order valence-corrected chi connectivity index (χ2v) is 7.32. The first-order valence-corrected chi connectivity index (χ1v) is 9.90. The van der Waals surface area contributed by atoms with Crippen LogP contribution in [0.4, 0.5) is 29.6 Å². The molecule has 0 saturated heterocycles. The molecule has 29 heavy (non-hydrogen) atoms. The zero-order valence-electron chi connectivity index (χ0n) is 15.2. The molecule has 1 aromatic carbocycles. The van der Waals surface area contributed by atoms with Crippen molar-refractivity contribution in [1.82, 2.24) is 15.3 Å². The van der Waals surface area contributed by atoms with Crippen molar-refractivity contribution in [1.29, 1.82) is 0 Å². The summed E-state index contributed by atoms with van der Waals surface area (Å²) in [5.41, 5.74) is -0.344. The molecule has 0 saturated carbocycles. The third kappa shape index (κ3) is 6.57. The maximum absolute atomic E-state index is 12.6. The molecule has 5 N–H and O–H groups in total. The molecule has 0 radical (unpaired) electrons. The Balaban J connectivity index is 1.88. The van der Waals surface area contributed by atoms with Gasteiger partial charge < -0.3 is 16.0 Å². The van der Waals surface area contributed by atoms with Crippen LogP contribution in [-0.4, -0.2) is 37.5 Å². The highest BCUT2D eigenvalue weighted by atomic mass is 32.2. The minimum absolute atomic E-state index is 0.0422. The number of alkyl halides is 3. The van der Waals surface area contributed by atoms with Crippen LogP contribution in [0.1, 0.15) is 18.2 Å². The van der Waals surface area contributed by atoms with Gasteiger partial charge in [0.05, 0.1) is 4.90 Å². The fourth-order valence-corrected chi connectivity index (χ4v) is 3.19. The minimum Gasteiger partial charge on any atom is -0.352 e. The van der Waals surface area contributed by atoms with E-state index in [4.69, 9.17) is 5.14 Å². The summed E-state index contributed by atoms with van der Waals surface area (Å²) in [6.45, 7) is 1.87. The number of nitrogens with zero attached hydrogens (tertiary/aromatic N) is 2. The average Bonchev–Trinajstić information content (AvgIpc) is 2.64. The molecular weight excluding hydrogens is 413 g/mol. The van der Waals surface area contributed by atoms with Crippen LogP contribution in [0.5, 0.6) is 0 Å². The van der Waals surface area contributed by atoms with E-state index in [0.717, 1.165) is 12.3 Å². The van der Waals surface area contributed by atoms with Crippen molar-refractivity contribution in [2.75, 3.05) is 23.7 Å². The zero-order chi connectivity index (χ0) is 21.7. The SMILES string of the molecule is CCc1ccc(NC(=O)NCCNc2nccc(C(F)(F)F)n2)cc1S(N)(=O)=O. The van der Waals surface area contributed by atoms with Crippen molar-refractivity contribution in [3.8, 4) is 0 Å². The lowest BCUT2D eigenvalue weighted by Gasteiger charge is -2.12. The standard InChI is InChI=1S/C16H19F3N6O3S/c1-2-10-3-4-11(9-12(10)29(20,27)28)24-15(26)23-8-7-22-14-21-6-5-13(25-14)16(17,18)19/h3-6,9H,2,7-8H2,1H3,(H2,20,27,28)(H,21,22,25)(H2,23,24,26). The lowest BCUT2D eigenvalue weighted by molar-refractivity contribution is -0.141. The summed E-state index contributed by atoms with van der Waals surface area (Å²) in [5.74, 6) is -0.227. The monoisotopic (exact) mass is 432 g/mol. The zero-order valence-corrected chi connectivity index (χ0v) is 16.1. The van der Waals surface area contributed by atoms with E-state index in [9.17, 15) is 26.4 Å². The predicted molar refractivity (Wildman–Crippen MR) is 99.7 cm³/mol. The van der Waals surface area contributed by atoms with Gasteiger partial charge in [0.2, 0.25) is 16.0 Å². The Morgan fingerprint density at radius 1 is 1.21 bits per heavy atom. The fourth-order valence-electron chi connectivity index (χ4n) is 2.32. The highest BCUT2D eigenvalue weighted by Crippen LogP contribution is 2.27. The second kappa shape index (κ2) is 9.05. The number of aryl methyl sites for hydroxylation is 1. The van der Waals surface area contributed by atoms with Gasteiger partial charge in [-0.1, -0.05) is 13.0 Å². The highest BCUT2D eigenvalue weighted by Gasteiger charge is 2.32. The van der Waals surface area contributed by atoms with E-state index in [1.165, 1.54) is 12.1 Å². The number of nitrogens with two attached hydrogens (primary N) is 1. The van der Waals surface area contributed by atoms with Gasteiger partial charge in [-0.15, -0.1) is 0 Å². The van der Waals surface area contributed by atoms with Gasteiger partial charge in [-0.2, -0.15) is 13.2 Å².